The molecule has 2 rings (SSSR count). The Hall–Kier alpha value is -1.87. The lowest BCUT2D eigenvalue weighted by molar-refractivity contribution is -0.131. The standard InChI is InChI=1S/C24H34O3/c1-15(2)18-11-19(16(3)4)13-20(12-18)24(6)21(22(24)14-27-7)9-8-17(5)10-23(25)26/h8-13,15-16,21-22H,14H2,1-7H3,(H,25,26)/t21-,22+,24+/m0/s1. The van der Waals surface area contributed by atoms with Crippen LogP contribution in [0.25, 0.3) is 0 Å². The van der Waals surface area contributed by atoms with Crippen LogP contribution in [0.3, 0.4) is 0 Å². The fourth-order valence-corrected chi connectivity index (χ4v) is 3.99. The highest BCUT2D eigenvalue weighted by molar-refractivity contribution is 5.81. The Morgan fingerprint density at radius 1 is 1.19 bits per heavy atom. The lowest BCUT2D eigenvalue weighted by atomic mass is 9.86. The second kappa shape index (κ2) is 8.43. The van der Waals surface area contributed by atoms with E-state index in [0.29, 0.717) is 30.3 Å². The molecule has 1 fully saturated rings. The van der Waals surface area contributed by atoms with Gasteiger partial charge in [-0.15, -0.1) is 0 Å². The highest BCUT2D eigenvalue weighted by atomic mass is 16.5. The van der Waals surface area contributed by atoms with Crippen LogP contribution in [0.4, 0.5) is 0 Å². The van der Waals surface area contributed by atoms with Crippen molar-refractivity contribution >= 4 is 5.97 Å². The Bertz CT molecular complexity index is 716. The summed E-state index contributed by atoms with van der Waals surface area (Å²) in [5.41, 5.74) is 4.90. The summed E-state index contributed by atoms with van der Waals surface area (Å²) < 4.78 is 5.50. The summed E-state index contributed by atoms with van der Waals surface area (Å²) in [5.74, 6) is 0.812. The van der Waals surface area contributed by atoms with E-state index in [-0.39, 0.29) is 5.41 Å². The van der Waals surface area contributed by atoms with Crippen molar-refractivity contribution in [1.82, 2.24) is 0 Å². The number of carboxylic acids is 1. The number of carboxylic acid groups (broad SMARTS) is 1. The van der Waals surface area contributed by atoms with Gasteiger partial charge in [0.1, 0.15) is 0 Å². The van der Waals surface area contributed by atoms with E-state index in [1.54, 1.807) is 7.11 Å². The van der Waals surface area contributed by atoms with Crippen LogP contribution in [-0.4, -0.2) is 24.8 Å². The summed E-state index contributed by atoms with van der Waals surface area (Å²) in [4.78, 5) is 10.9. The van der Waals surface area contributed by atoms with E-state index >= 15 is 0 Å². The summed E-state index contributed by atoms with van der Waals surface area (Å²) in [6, 6.07) is 7.04. The first kappa shape index (κ1) is 21.4. The van der Waals surface area contributed by atoms with Crippen LogP contribution in [0.2, 0.25) is 0 Å². The summed E-state index contributed by atoms with van der Waals surface area (Å²) in [6.07, 6.45) is 5.34. The molecule has 0 amide bonds. The average Bonchev–Trinajstić information content (AvgIpc) is 3.16. The van der Waals surface area contributed by atoms with Gasteiger partial charge in [-0.25, -0.2) is 4.79 Å². The van der Waals surface area contributed by atoms with Crippen molar-refractivity contribution in [2.75, 3.05) is 13.7 Å². The van der Waals surface area contributed by atoms with Crippen molar-refractivity contribution in [3.05, 3.63) is 58.7 Å². The van der Waals surface area contributed by atoms with Gasteiger partial charge in [-0.05, 0) is 52.9 Å². The number of carbonyl (C=O) groups is 1. The number of hydrogen-bond acceptors (Lipinski definition) is 2. The number of methoxy groups -OCH3 is 1. The number of hydrogen-bond donors (Lipinski definition) is 1. The molecular formula is C24H34O3. The van der Waals surface area contributed by atoms with Crippen molar-refractivity contribution in [2.45, 2.75) is 58.8 Å². The predicted octanol–water partition coefficient (Wildman–Crippen LogP) is 5.67. The molecule has 0 saturated heterocycles. The molecule has 0 heterocycles. The van der Waals surface area contributed by atoms with E-state index < -0.39 is 5.97 Å². The average molecular weight is 371 g/mol. The number of rotatable bonds is 8. The maximum Gasteiger partial charge on any atom is 0.328 e. The van der Waals surface area contributed by atoms with Gasteiger partial charge in [0.2, 0.25) is 0 Å². The van der Waals surface area contributed by atoms with E-state index in [4.69, 9.17) is 9.84 Å². The molecule has 1 aromatic rings. The van der Waals surface area contributed by atoms with Crippen molar-refractivity contribution in [3.8, 4) is 0 Å². The number of ether oxygens (including phenoxy) is 1. The molecule has 1 aliphatic carbocycles. The van der Waals surface area contributed by atoms with Crippen molar-refractivity contribution in [1.29, 1.82) is 0 Å². The highest BCUT2D eigenvalue weighted by Gasteiger charge is 2.60. The van der Waals surface area contributed by atoms with Crippen LogP contribution in [-0.2, 0) is 14.9 Å². The lowest BCUT2D eigenvalue weighted by Crippen LogP contribution is -2.10. The minimum atomic E-state index is -0.907. The Morgan fingerprint density at radius 2 is 1.74 bits per heavy atom. The summed E-state index contributed by atoms with van der Waals surface area (Å²) in [7, 11) is 1.75. The maximum atomic E-state index is 10.9. The normalized spacial score (nSPS) is 25.6. The van der Waals surface area contributed by atoms with Gasteiger partial charge in [0.15, 0.2) is 0 Å². The van der Waals surface area contributed by atoms with Crippen molar-refractivity contribution in [2.24, 2.45) is 11.8 Å². The summed E-state index contributed by atoms with van der Waals surface area (Å²) in [6.45, 7) is 13.8. The zero-order valence-corrected chi connectivity index (χ0v) is 17.7. The second-order valence-corrected chi connectivity index (χ2v) is 8.65. The molecule has 0 unspecified atom stereocenters. The summed E-state index contributed by atoms with van der Waals surface area (Å²) >= 11 is 0. The molecule has 3 nitrogen and oxygen atoms in total. The third kappa shape index (κ3) is 4.70. The van der Waals surface area contributed by atoms with Crippen LogP contribution in [0.5, 0.6) is 0 Å². The van der Waals surface area contributed by atoms with Gasteiger partial charge >= 0.3 is 5.97 Å². The Labute approximate surface area is 164 Å². The first-order valence-electron chi connectivity index (χ1n) is 9.85. The van der Waals surface area contributed by atoms with Gasteiger partial charge in [0.25, 0.3) is 0 Å². The molecule has 0 aliphatic heterocycles. The molecule has 0 radical (unpaired) electrons. The van der Waals surface area contributed by atoms with Crippen LogP contribution >= 0.6 is 0 Å². The topological polar surface area (TPSA) is 46.5 Å². The van der Waals surface area contributed by atoms with E-state index in [1.165, 1.54) is 22.8 Å². The smallest absolute Gasteiger partial charge is 0.328 e. The predicted molar refractivity (Wildman–Crippen MR) is 111 cm³/mol. The molecule has 1 N–H and O–H groups in total. The molecule has 148 valence electrons. The number of aliphatic carboxylic acids is 1. The first-order valence-corrected chi connectivity index (χ1v) is 9.85. The molecule has 0 aromatic heterocycles. The van der Waals surface area contributed by atoms with Gasteiger partial charge in [-0.1, -0.05) is 65.0 Å². The molecule has 3 atom stereocenters. The lowest BCUT2D eigenvalue weighted by Gasteiger charge is -2.19. The molecule has 1 aliphatic rings. The third-order valence-corrected chi connectivity index (χ3v) is 5.98. The number of benzene rings is 1. The zero-order valence-electron chi connectivity index (χ0n) is 17.7. The molecule has 0 spiro atoms. The van der Waals surface area contributed by atoms with E-state index in [9.17, 15) is 4.79 Å². The molecule has 1 aromatic carbocycles. The van der Waals surface area contributed by atoms with E-state index in [2.05, 4.69) is 58.9 Å². The SMILES string of the molecule is COC[C@@H]1[C@H](C=CC(C)=CC(=O)O)[C@@]1(C)c1cc(C(C)C)cc(C(C)C)c1. The fraction of sp³-hybridized carbons (Fsp3) is 0.542. The van der Waals surface area contributed by atoms with Gasteiger partial charge in [0.05, 0.1) is 6.61 Å². The molecular weight excluding hydrogens is 336 g/mol. The third-order valence-electron chi connectivity index (χ3n) is 5.98. The van der Waals surface area contributed by atoms with E-state index in [0.717, 1.165) is 5.57 Å². The molecule has 0 bridgehead atoms. The number of allylic oxidation sites excluding steroid dienone is 3. The van der Waals surface area contributed by atoms with Crippen LogP contribution in [0.1, 0.15) is 70.1 Å². The Balaban J connectivity index is 2.42. The zero-order chi connectivity index (χ0) is 20.4. The van der Waals surface area contributed by atoms with Crippen LogP contribution < -0.4 is 0 Å². The fourth-order valence-electron chi connectivity index (χ4n) is 3.99. The highest BCUT2D eigenvalue weighted by Crippen LogP contribution is 2.61. The van der Waals surface area contributed by atoms with Gasteiger partial charge in [0, 0.05) is 18.6 Å². The maximum absolute atomic E-state index is 10.9. The minimum Gasteiger partial charge on any atom is -0.478 e. The van der Waals surface area contributed by atoms with E-state index in [1.807, 2.05) is 13.0 Å². The van der Waals surface area contributed by atoms with Crippen molar-refractivity contribution < 1.29 is 14.6 Å². The Morgan fingerprint density at radius 3 is 2.19 bits per heavy atom. The van der Waals surface area contributed by atoms with Crippen LogP contribution in [0, 0.1) is 11.8 Å². The van der Waals surface area contributed by atoms with Crippen LogP contribution in [0.15, 0.2) is 42.0 Å². The monoisotopic (exact) mass is 370 g/mol. The molecule has 27 heavy (non-hydrogen) atoms. The first-order chi connectivity index (χ1) is 12.6. The van der Waals surface area contributed by atoms with Gasteiger partial charge in [-0.3, -0.25) is 0 Å². The molecule has 1 saturated carbocycles. The van der Waals surface area contributed by atoms with Gasteiger partial charge in [-0.2, -0.15) is 0 Å². The molecule has 3 heteroatoms. The van der Waals surface area contributed by atoms with Crippen molar-refractivity contribution in [3.63, 3.8) is 0 Å². The minimum absolute atomic E-state index is 0.0184. The summed E-state index contributed by atoms with van der Waals surface area (Å²) in [5, 5.41) is 8.92. The largest absolute Gasteiger partial charge is 0.478 e. The Kier molecular flexibility index (Phi) is 6.69. The second-order valence-electron chi connectivity index (χ2n) is 8.65. The van der Waals surface area contributed by atoms with Gasteiger partial charge < -0.3 is 9.84 Å². The quantitative estimate of drug-likeness (QED) is 0.474.